The number of hydrogen-bond donors (Lipinski definition) is 1. The predicted octanol–water partition coefficient (Wildman–Crippen LogP) is 3.39. The number of hydrogen-bond acceptors (Lipinski definition) is 3. The number of aromatic carboxylic acids is 1. The second kappa shape index (κ2) is 5.96. The van der Waals surface area contributed by atoms with Gasteiger partial charge in [-0.05, 0) is 32.0 Å². The lowest BCUT2D eigenvalue weighted by Gasteiger charge is -2.12. The second-order valence-corrected chi connectivity index (χ2v) is 5.03. The van der Waals surface area contributed by atoms with E-state index in [1.54, 1.807) is 28.8 Å². The number of rotatable bonds is 5. The highest BCUT2D eigenvalue weighted by Crippen LogP contribution is 2.19. The van der Waals surface area contributed by atoms with Gasteiger partial charge < -0.3 is 14.4 Å². The van der Waals surface area contributed by atoms with Gasteiger partial charge in [-0.3, -0.25) is 0 Å². The van der Waals surface area contributed by atoms with Gasteiger partial charge in [0.1, 0.15) is 18.2 Å². The lowest BCUT2D eigenvalue weighted by molar-refractivity contribution is 0.0690. The SMILES string of the molecule is CC(C)n1cc(C(=O)O)nc1COc1cccc(Cl)c1. The highest BCUT2D eigenvalue weighted by Gasteiger charge is 2.15. The van der Waals surface area contributed by atoms with Crippen LogP contribution in [0.3, 0.4) is 0 Å². The topological polar surface area (TPSA) is 64.4 Å². The van der Waals surface area contributed by atoms with Crippen molar-refractivity contribution in [1.29, 1.82) is 0 Å². The fourth-order valence-corrected chi connectivity index (χ4v) is 1.97. The Labute approximate surface area is 121 Å². The van der Waals surface area contributed by atoms with E-state index in [0.29, 0.717) is 16.6 Å². The summed E-state index contributed by atoms with van der Waals surface area (Å²) in [5.41, 5.74) is 0.0170. The summed E-state index contributed by atoms with van der Waals surface area (Å²) in [5.74, 6) is 0.137. The third-order valence-electron chi connectivity index (χ3n) is 2.75. The molecule has 0 amide bonds. The third-order valence-corrected chi connectivity index (χ3v) is 2.98. The molecule has 5 nitrogen and oxygen atoms in total. The molecule has 2 aromatic rings. The molecular weight excluding hydrogens is 280 g/mol. The van der Waals surface area contributed by atoms with Crippen LogP contribution in [0.25, 0.3) is 0 Å². The van der Waals surface area contributed by atoms with Crippen molar-refractivity contribution in [3.63, 3.8) is 0 Å². The quantitative estimate of drug-likeness (QED) is 0.918. The first-order valence-corrected chi connectivity index (χ1v) is 6.54. The molecule has 0 radical (unpaired) electrons. The van der Waals surface area contributed by atoms with E-state index in [1.807, 2.05) is 13.8 Å². The summed E-state index contributed by atoms with van der Waals surface area (Å²) in [7, 11) is 0. The van der Waals surface area contributed by atoms with Gasteiger partial charge in [0.25, 0.3) is 0 Å². The maximum Gasteiger partial charge on any atom is 0.356 e. The van der Waals surface area contributed by atoms with Crippen LogP contribution in [-0.2, 0) is 6.61 Å². The Hall–Kier alpha value is -2.01. The molecule has 1 heterocycles. The Morgan fingerprint density at radius 3 is 2.85 bits per heavy atom. The molecule has 0 saturated heterocycles. The van der Waals surface area contributed by atoms with Gasteiger partial charge in [0.2, 0.25) is 0 Å². The number of nitrogens with zero attached hydrogens (tertiary/aromatic N) is 2. The Bertz CT molecular complexity index is 623. The zero-order valence-corrected chi connectivity index (χ0v) is 12.0. The molecule has 106 valence electrons. The monoisotopic (exact) mass is 294 g/mol. The molecule has 0 atom stereocenters. The number of halogens is 1. The van der Waals surface area contributed by atoms with Gasteiger partial charge in [-0.25, -0.2) is 9.78 Å². The average Bonchev–Trinajstić information content (AvgIpc) is 2.81. The highest BCUT2D eigenvalue weighted by molar-refractivity contribution is 6.30. The van der Waals surface area contributed by atoms with Crippen molar-refractivity contribution in [2.75, 3.05) is 0 Å². The fourth-order valence-electron chi connectivity index (χ4n) is 1.79. The van der Waals surface area contributed by atoms with E-state index < -0.39 is 5.97 Å². The first-order valence-electron chi connectivity index (χ1n) is 6.17. The van der Waals surface area contributed by atoms with Gasteiger partial charge in [0, 0.05) is 17.3 Å². The first-order chi connectivity index (χ1) is 9.47. The summed E-state index contributed by atoms with van der Waals surface area (Å²) in [6.07, 6.45) is 1.52. The smallest absolute Gasteiger partial charge is 0.356 e. The third kappa shape index (κ3) is 3.30. The van der Waals surface area contributed by atoms with E-state index in [4.69, 9.17) is 21.4 Å². The Morgan fingerprint density at radius 1 is 1.50 bits per heavy atom. The molecule has 2 rings (SSSR count). The van der Waals surface area contributed by atoms with Crippen LogP contribution in [0.2, 0.25) is 5.02 Å². The lowest BCUT2D eigenvalue weighted by Crippen LogP contribution is -2.08. The number of carbonyl (C=O) groups is 1. The first kappa shape index (κ1) is 14.4. The number of aromatic nitrogens is 2. The zero-order chi connectivity index (χ0) is 14.7. The van der Waals surface area contributed by atoms with Gasteiger partial charge in [-0.1, -0.05) is 17.7 Å². The molecule has 0 saturated carbocycles. The zero-order valence-electron chi connectivity index (χ0n) is 11.2. The molecule has 1 N–H and O–H groups in total. The van der Waals surface area contributed by atoms with E-state index in [0.717, 1.165) is 0 Å². The largest absolute Gasteiger partial charge is 0.486 e. The minimum atomic E-state index is -1.05. The molecule has 0 spiro atoms. The summed E-state index contributed by atoms with van der Waals surface area (Å²) in [5, 5.41) is 9.58. The van der Waals surface area contributed by atoms with E-state index >= 15 is 0 Å². The maximum absolute atomic E-state index is 11.0. The van der Waals surface area contributed by atoms with Gasteiger partial charge in [0.05, 0.1) is 0 Å². The Balaban J connectivity index is 2.18. The summed E-state index contributed by atoms with van der Waals surface area (Å²) in [6.45, 7) is 4.10. The molecule has 1 aromatic carbocycles. The van der Waals surface area contributed by atoms with Crippen molar-refractivity contribution in [2.45, 2.75) is 26.5 Å². The Kier molecular flexibility index (Phi) is 4.29. The average molecular weight is 295 g/mol. The maximum atomic E-state index is 11.0. The van der Waals surface area contributed by atoms with Gasteiger partial charge in [-0.2, -0.15) is 0 Å². The van der Waals surface area contributed by atoms with E-state index in [9.17, 15) is 4.79 Å². The van der Waals surface area contributed by atoms with Gasteiger partial charge in [-0.15, -0.1) is 0 Å². The molecule has 1 aromatic heterocycles. The van der Waals surface area contributed by atoms with E-state index in [-0.39, 0.29) is 18.3 Å². The van der Waals surface area contributed by atoms with Crippen LogP contribution in [-0.4, -0.2) is 20.6 Å². The van der Waals surface area contributed by atoms with Crippen LogP contribution < -0.4 is 4.74 Å². The lowest BCUT2D eigenvalue weighted by atomic mass is 10.3. The summed E-state index contributed by atoms with van der Waals surface area (Å²) < 4.78 is 7.38. The fraction of sp³-hybridized carbons (Fsp3) is 0.286. The van der Waals surface area contributed by atoms with Crippen molar-refractivity contribution < 1.29 is 14.6 Å². The van der Waals surface area contributed by atoms with Crippen LogP contribution in [0, 0.1) is 0 Å². The molecule has 0 aliphatic heterocycles. The molecule has 0 bridgehead atoms. The van der Waals surface area contributed by atoms with Crippen LogP contribution in [0.1, 0.15) is 36.2 Å². The summed E-state index contributed by atoms with van der Waals surface area (Å²) >= 11 is 5.88. The predicted molar refractivity (Wildman–Crippen MR) is 75.4 cm³/mol. The van der Waals surface area contributed by atoms with Crippen molar-refractivity contribution in [3.05, 3.63) is 47.0 Å². The normalized spacial score (nSPS) is 10.8. The van der Waals surface area contributed by atoms with Crippen molar-refractivity contribution in [3.8, 4) is 5.75 Å². The number of imidazole rings is 1. The van der Waals surface area contributed by atoms with Crippen LogP contribution in [0.15, 0.2) is 30.5 Å². The van der Waals surface area contributed by atoms with Crippen LogP contribution in [0.5, 0.6) is 5.75 Å². The van der Waals surface area contributed by atoms with Crippen molar-refractivity contribution in [2.24, 2.45) is 0 Å². The summed E-state index contributed by atoms with van der Waals surface area (Å²) in [6, 6.07) is 7.13. The molecule has 0 fully saturated rings. The molecular formula is C14H15ClN2O3. The summed E-state index contributed by atoms with van der Waals surface area (Å²) in [4.78, 5) is 15.0. The minimum Gasteiger partial charge on any atom is -0.486 e. The van der Waals surface area contributed by atoms with Gasteiger partial charge in [0.15, 0.2) is 5.69 Å². The van der Waals surface area contributed by atoms with Crippen LogP contribution >= 0.6 is 11.6 Å². The van der Waals surface area contributed by atoms with Gasteiger partial charge >= 0.3 is 5.97 Å². The number of carboxylic acids is 1. The number of carboxylic acid groups (broad SMARTS) is 1. The number of benzene rings is 1. The van der Waals surface area contributed by atoms with Crippen molar-refractivity contribution >= 4 is 17.6 Å². The minimum absolute atomic E-state index is 0.0170. The highest BCUT2D eigenvalue weighted by atomic mass is 35.5. The van der Waals surface area contributed by atoms with E-state index in [2.05, 4.69) is 4.98 Å². The molecule has 6 heteroatoms. The Morgan fingerprint density at radius 2 is 2.25 bits per heavy atom. The standard InChI is InChI=1S/C14H15ClN2O3/c1-9(2)17-7-12(14(18)19)16-13(17)8-20-11-5-3-4-10(15)6-11/h3-7,9H,8H2,1-2H3,(H,18,19). The van der Waals surface area contributed by atoms with E-state index in [1.165, 1.54) is 6.20 Å². The van der Waals surface area contributed by atoms with Crippen molar-refractivity contribution in [1.82, 2.24) is 9.55 Å². The molecule has 20 heavy (non-hydrogen) atoms. The molecule has 0 aliphatic rings. The molecule has 0 aliphatic carbocycles. The number of ether oxygens (including phenoxy) is 1. The van der Waals surface area contributed by atoms with Crippen LogP contribution in [0.4, 0.5) is 0 Å². The molecule has 0 unspecified atom stereocenters. The second-order valence-electron chi connectivity index (χ2n) is 4.59.